The molecule has 74 valence electrons. The second kappa shape index (κ2) is 3.86. The van der Waals surface area contributed by atoms with E-state index in [4.69, 9.17) is 0 Å². The average Bonchev–Trinajstić information content (AvgIpc) is 2.78. The number of aromatic nitrogens is 6. The van der Waals surface area contributed by atoms with Crippen molar-refractivity contribution in [1.82, 2.24) is 29.8 Å². The first-order chi connectivity index (χ1) is 6.86. The van der Waals surface area contributed by atoms with Crippen LogP contribution in [0.4, 0.5) is 5.82 Å². The highest BCUT2D eigenvalue weighted by Gasteiger charge is 1.97. The van der Waals surface area contributed by atoms with Crippen molar-refractivity contribution in [2.45, 2.75) is 6.54 Å². The van der Waals surface area contributed by atoms with Crippen molar-refractivity contribution in [3.05, 3.63) is 18.9 Å². The van der Waals surface area contributed by atoms with Crippen molar-refractivity contribution >= 4 is 5.82 Å². The van der Waals surface area contributed by atoms with Crippen molar-refractivity contribution in [2.24, 2.45) is 7.05 Å². The quantitative estimate of drug-likeness (QED) is 0.709. The predicted molar refractivity (Wildman–Crippen MR) is 49.5 cm³/mol. The zero-order chi connectivity index (χ0) is 9.80. The first-order valence-electron chi connectivity index (χ1n) is 4.27. The summed E-state index contributed by atoms with van der Waals surface area (Å²) in [5.74, 6) is 0.894. The Balaban J connectivity index is 1.81. The summed E-state index contributed by atoms with van der Waals surface area (Å²) in [6, 6.07) is 0. The van der Waals surface area contributed by atoms with E-state index >= 15 is 0 Å². The Labute approximate surface area is 80.8 Å². The number of anilines is 1. The minimum atomic E-state index is 0.768. The van der Waals surface area contributed by atoms with Gasteiger partial charge in [0.05, 0.1) is 12.7 Å². The van der Waals surface area contributed by atoms with Gasteiger partial charge < -0.3 is 5.32 Å². The zero-order valence-electron chi connectivity index (χ0n) is 7.83. The molecule has 2 aromatic heterocycles. The minimum absolute atomic E-state index is 0.768. The smallest absolute Gasteiger partial charge is 0.144 e. The molecule has 0 aliphatic rings. The number of nitrogens with one attached hydrogen (secondary N) is 1. The molecule has 0 aromatic carbocycles. The second-order valence-electron chi connectivity index (χ2n) is 2.83. The van der Waals surface area contributed by atoms with Gasteiger partial charge in [0.2, 0.25) is 0 Å². The molecule has 7 heteroatoms. The maximum atomic E-state index is 3.99. The van der Waals surface area contributed by atoms with Gasteiger partial charge >= 0.3 is 0 Å². The van der Waals surface area contributed by atoms with Gasteiger partial charge in [-0.2, -0.15) is 5.10 Å². The fourth-order valence-corrected chi connectivity index (χ4v) is 1.10. The number of hydrogen-bond acceptors (Lipinski definition) is 5. The maximum Gasteiger partial charge on any atom is 0.144 e. The van der Waals surface area contributed by atoms with Gasteiger partial charge in [0.25, 0.3) is 0 Å². The van der Waals surface area contributed by atoms with Gasteiger partial charge in [-0.25, -0.2) is 9.67 Å². The Hall–Kier alpha value is -1.92. The number of nitrogens with zero attached hydrogens (tertiary/aromatic N) is 6. The van der Waals surface area contributed by atoms with E-state index in [1.807, 2.05) is 7.05 Å². The Bertz CT molecular complexity index is 376. The average molecular weight is 193 g/mol. The molecule has 0 radical (unpaired) electrons. The molecule has 0 fully saturated rings. The van der Waals surface area contributed by atoms with Crippen LogP contribution in [0.3, 0.4) is 0 Å². The highest BCUT2D eigenvalue weighted by molar-refractivity contribution is 5.29. The third-order valence-electron chi connectivity index (χ3n) is 1.83. The summed E-state index contributed by atoms with van der Waals surface area (Å²) in [4.78, 5) is 3.85. The predicted octanol–water partition coefficient (Wildman–Crippen LogP) is -0.481. The topological polar surface area (TPSA) is 73.5 Å². The Kier molecular flexibility index (Phi) is 2.39. The van der Waals surface area contributed by atoms with Gasteiger partial charge in [0, 0.05) is 13.6 Å². The molecule has 7 nitrogen and oxygen atoms in total. The zero-order valence-corrected chi connectivity index (χ0v) is 7.83. The summed E-state index contributed by atoms with van der Waals surface area (Å²) in [5, 5.41) is 14.7. The van der Waals surface area contributed by atoms with Crippen LogP contribution in [-0.4, -0.2) is 36.3 Å². The van der Waals surface area contributed by atoms with Crippen LogP contribution in [0.15, 0.2) is 18.9 Å². The first kappa shape index (κ1) is 8.67. The Morgan fingerprint density at radius 2 is 2.43 bits per heavy atom. The lowest BCUT2D eigenvalue weighted by Crippen LogP contribution is -2.12. The van der Waals surface area contributed by atoms with Crippen molar-refractivity contribution in [3.8, 4) is 0 Å². The summed E-state index contributed by atoms with van der Waals surface area (Å²) in [5.41, 5.74) is 0. The Morgan fingerprint density at radius 3 is 3.07 bits per heavy atom. The molecular formula is C7H11N7. The molecule has 2 heterocycles. The van der Waals surface area contributed by atoms with E-state index in [1.54, 1.807) is 21.9 Å². The van der Waals surface area contributed by atoms with Crippen LogP contribution in [0.5, 0.6) is 0 Å². The first-order valence-corrected chi connectivity index (χ1v) is 4.27. The van der Waals surface area contributed by atoms with Crippen LogP contribution in [0.25, 0.3) is 0 Å². The molecule has 0 aliphatic heterocycles. The molecule has 0 saturated carbocycles. The molecule has 0 bridgehead atoms. The van der Waals surface area contributed by atoms with Crippen LogP contribution >= 0.6 is 0 Å². The molecule has 0 amide bonds. The summed E-state index contributed by atoms with van der Waals surface area (Å²) in [6.45, 7) is 1.54. The fourth-order valence-electron chi connectivity index (χ4n) is 1.10. The van der Waals surface area contributed by atoms with E-state index in [9.17, 15) is 0 Å². The van der Waals surface area contributed by atoms with E-state index in [-0.39, 0.29) is 0 Å². The molecule has 14 heavy (non-hydrogen) atoms. The second-order valence-corrected chi connectivity index (χ2v) is 2.83. The normalized spacial score (nSPS) is 10.4. The molecule has 2 aromatic rings. The van der Waals surface area contributed by atoms with Gasteiger partial charge in [-0.3, -0.25) is 4.68 Å². The molecule has 0 unspecified atom stereocenters. The van der Waals surface area contributed by atoms with Crippen LogP contribution < -0.4 is 5.32 Å². The monoisotopic (exact) mass is 193 g/mol. The van der Waals surface area contributed by atoms with Gasteiger partial charge in [0.1, 0.15) is 18.5 Å². The Morgan fingerprint density at radius 1 is 1.50 bits per heavy atom. The van der Waals surface area contributed by atoms with Crippen LogP contribution in [0.2, 0.25) is 0 Å². The molecule has 1 N–H and O–H groups in total. The van der Waals surface area contributed by atoms with Crippen LogP contribution in [0, 0.1) is 0 Å². The minimum Gasteiger partial charge on any atom is -0.367 e. The maximum absolute atomic E-state index is 3.99. The third kappa shape index (κ3) is 1.87. The molecule has 0 saturated heterocycles. The van der Waals surface area contributed by atoms with Crippen molar-refractivity contribution in [1.29, 1.82) is 0 Å². The molecule has 0 aliphatic carbocycles. The highest BCUT2D eigenvalue weighted by Crippen LogP contribution is 1.99. The number of hydrogen-bond donors (Lipinski definition) is 1. The van der Waals surface area contributed by atoms with E-state index in [0.717, 1.165) is 18.9 Å². The highest BCUT2D eigenvalue weighted by atomic mass is 15.4. The van der Waals surface area contributed by atoms with Crippen LogP contribution in [-0.2, 0) is 13.6 Å². The molecular weight excluding hydrogens is 182 g/mol. The van der Waals surface area contributed by atoms with Crippen molar-refractivity contribution in [3.63, 3.8) is 0 Å². The third-order valence-corrected chi connectivity index (χ3v) is 1.83. The molecule has 2 rings (SSSR count). The van der Waals surface area contributed by atoms with Gasteiger partial charge in [-0.15, -0.1) is 5.10 Å². The summed E-state index contributed by atoms with van der Waals surface area (Å²) >= 11 is 0. The van der Waals surface area contributed by atoms with E-state index in [0.29, 0.717) is 0 Å². The molecule has 0 atom stereocenters. The van der Waals surface area contributed by atoms with E-state index in [2.05, 4.69) is 25.7 Å². The van der Waals surface area contributed by atoms with Crippen molar-refractivity contribution < 1.29 is 0 Å². The number of aryl methyl sites for hydroxylation is 1. The molecule has 0 spiro atoms. The summed E-state index contributed by atoms with van der Waals surface area (Å²) < 4.78 is 3.44. The lowest BCUT2D eigenvalue weighted by Gasteiger charge is -2.04. The standard InChI is InChI=1S/C7H11N7/c1-13-7(4-10-12-13)9-2-3-14-6-8-5-11-14/h4-6,9H,2-3H2,1H3. The summed E-state index contributed by atoms with van der Waals surface area (Å²) in [7, 11) is 1.84. The van der Waals surface area contributed by atoms with E-state index < -0.39 is 0 Å². The van der Waals surface area contributed by atoms with Crippen molar-refractivity contribution in [2.75, 3.05) is 11.9 Å². The fraction of sp³-hybridized carbons (Fsp3) is 0.429. The number of rotatable bonds is 4. The lowest BCUT2D eigenvalue weighted by molar-refractivity contribution is 0.631. The van der Waals surface area contributed by atoms with E-state index in [1.165, 1.54) is 6.33 Å². The SMILES string of the molecule is Cn1nncc1NCCn1cncn1. The lowest BCUT2D eigenvalue weighted by atomic mass is 10.6. The van der Waals surface area contributed by atoms with Gasteiger partial charge in [-0.05, 0) is 0 Å². The van der Waals surface area contributed by atoms with Gasteiger partial charge in [-0.1, -0.05) is 5.21 Å². The van der Waals surface area contributed by atoms with Gasteiger partial charge in [0.15, 0.2) is 0 Å². The summed E-state index contributed by atoms with van der Waals surface area (Å²) in [6.07, 6.45) is 4.89. The van der Waals surface area contributed by atoms with Crippen LogP contribution in [0.1, 0.15) is 0 Å². The largest absolute Gasteiger partial charge is 0.367 e.